The minimum atomic E-state index is -0.248. The van der Waals surface area contributed by atoms with Crippen LogP contribution in [-0.4, -0.2) is 5.91 Å². The third kappa shape index (κ3) is 1.92. The van der Waals surface area contributed by atoms with Gasteiger partial charge in [-0.3, -0.25) is 4.79 Å². The van der Waals surface area contributed by atoms with Gasteiger partial charge in [0.05, 0.1) is 6.04 Å². The molecule has 0 spiro atoms. The number of halogens is 1. The van der Waals surface area contributed by atoms with Crippen molar-refractivity contribution in [3.8, 4) is 0 Å². The van der Waals surface area contributed by atoms with Gasteiger partial charge in [0.2, 0.25) is 5.91 Å². The van der Waals surface area contributed by atoms with Gasteiger partial charge in [0.25, 0.3) is 0 Å². The van der Waals surface area contributed by atoms with Crippen LogP contribution in [0.1, 0.15) is 30.9 Å². The van der Waals surface area contributed by atoms with Crippen molar-refractivity contribution in [2.75, 3.05) is 0 Å². The molecule has 2 rings (SSSR count). The van der Waals surface area contributed by atoms with Gasteiger partial charge in [-0.15, -0.1) is 0 Å². The maximum atomic E-state index is 12.9. The first-order chi connectivity index (χ1) is 6.75. The number of piperidine rings is 1. The maximum Gasteiger partial charge on any atom is 0.220 e. The summed E-state index contributed by atoms with van der Waals surface area (Å²) in [5, 5.41) is 2.85. The number of hydrogen-bond acceptors (Lipinski definition) is 1. The maximum absolute atomic E-state index is 12.9. The molecule has 1 fully saturated rings. The van der Waals surface area contributed by atoms with Crippen LogP contribution in [-0.2, 0) is 4.79 Å². The minimum absolute atomic E-state index is 0.00745. The van der Waals surface area contributed by atoms with Crippen molar-refractivity contribution < 1.29 is 9.18 Å². The summed E-state index contributed by atoms with van der Waals surface area (Å²) in [4.78, 5) is 11.1. The number of nitrogens with one attached hydrogen (secondary N) is 1. The van der Waals surface area contributed by atoms with Gasteiger partial charge in [0, 0.05) is 6.42 Å². The summed E-state index contributed by atoms with van der Waals surface area (Å²) in [5.41, 5.74) is 0.859. The highest BCUT2D eigenvalue weighted by atomic mass is 19.1. The van der Waals surface area contributed by atoms with Gasteiger partial charge in [0.1, 0.15) is 5.82 Å². The van der Waals surface area contributed by atoms with Crippen LogP contribution in [0, 0.1) is 5.82 Å². The number of amides is 1. The normalized spacial score (nSPS) is 21.8. The molecule has 1 aliphatic heterocycles. The van der Waals surface area contributed by atoms with E-state index in [0.717, 1.165) is 18.4 Å². The predicted octanol–water partition coefficient (Wildman–Crippen LogP) is 2.17. The molecule has 1 amide bonds. The lowest BCUT2D eigenvalue weighted by molar-refractivity contribution is -0.123. The summed E-state index contributed by atoms with van der Waals surface area (Å²) in [6.07, 6.45) is 2.37. The molecule has 1 saturated heterocycles. The Morgan fingerprint density at radius 3 is 3.00 bits per heavy atom. The first kappa shape index (κ1) is 9.19. The van der Waals surface area contributed by atoms with E-state index in [2.05, 4.69) is 5.32 Å². The summed E-state index contributed by atoms with van der Waals surface area (Å²) in [6, 6.07) is 6.40. The van der Waals surface area contributed by atoms with Crippen molar-refractivity contribution in [1.82, 2.24) is 5.32 Å². The zero-order valence-corrected chi connectivity index (χ0v) is 7.79. The number of hydrogen-bond donors (Lipinski definition) is 1. The Labute approximate surface area is 82.1 Å². The van der Waals surface area contributed by atoms with E-state index in [1.807, 2.05) is 6.07 Å². The molecular formula is C11H12FNO. The Bertz CT molecular complexity index is 351. The number of carbonyl (C=O) groups is 1. The fraction of sp³-hybridized carbons (Fsp3) is 0.364. The second-order valence-corrected chi connectivity index (χ2v) is 3.57. The van der Waals surface area contributed by atoms with Gasteiger partial charge in [-0.25, -0.2) is 4.39 Å². The predicted molar refractivity (Wildman–Crippen MR) is 51.1 cm³/mol. The number of rotatable bonds is 1. The van der Waals surface area contributed by atoms with E-state index in [-0.39, 0.29) is 17.8 Å². The second-order valence-electron chi connectivity index (χ2n) is 3.57. The lowest BCUT2D eigenvalue weighted by atomic mass is 9.97. The fourth-order valence-electron chi connectivity index (χ4n) is 1.78. The van der Waals surface area contributed by atoms with Crippen LogP contribution in [0.3, 0.4) is 0 Å². The number of carbonyl (C=O) groups excluding carboxylic acids is 1. The van der Waals surface area contributed by atoms with E-state index < -0.39 is 0 Å². The zero-order chi connectivity index (χ0) is 9.97. The van der Waals surface area contributed by atoms with Gasteiger partial charge in [-0.2, -0.15) is 0 Å². The molecule has 1 aromatic rings. The third-order valence-electron chi connectivity index (χ3n) is 2.48. The molecule has 1 atom stereocenters. The molecule has 74 valence electrons. The molecule has 3 heteroatoms. The van der Waals surface area contributed by atoms with Crippen molar-refractivity contribution >= 4 is 5.91 Å². The Morgan fingerprint density at radius 2 is 2.29 bits per heavy atom. The van der Waals surface area contributed by atoms with E-state index in [0.29, 0.717) is 6.42 Å². The second kappa shape index (κ2) is 3.78. The van der Waals surface area contributed by atoms with E-state index in [1.54, 1.807) is 6.07 Å². The van der Waals surface area contributed by atoms with Crippen molar-refractivity contribution in [2.45, 2.75) is 25.3 Å². The molecule has 0 radical (unpaired) electrons. The van der Waals surface area contributed by atoms with Crippen molar-refractivity contribution in [2.24, 2.45) is 0 Å². The molecular weight excluding hydrogens is 181 g/mol. The lowest BCUT2D eigenvalue weighted by Crippen LogP contribution is -2.32. The van der Waals surface area contributed by atoms with Crippen molar-refractivity contribution in [3.63, 3.8) is 0 Å². The summed E-state index contributed by atoms with van der Waals surface area (Å²) < 4.78 is 12.9. The molecule has 14 heavy (non-hydrogen) atoms. The van der Waals surface area contributed by atoms with Gasteiger partial charge in [0.15, 0.2) is 0 Å². The van der Waals surface area contributed by atoms with Crippen LogP contribution in [0.4, 0.5) is 4.39 Å². The van der Waals surface area contributed by atoms with Crippen LogP contribution in [0.5, 0.6) is 0 Å². The first-order valence-electron chi connectivity index (χ1n) is 4.80. The van der Waals surface area contributed by atoms with Crippen LogP contribution in [0.2, 0.25) is 0 Å². The summed E-state index contributed by atoms with van der Waals surface area (Å²) >= 11 is 0. The summed E-state index contributed by atoms with van der Waals surface area (Å²) in [6.45, 7) is 0. The lowest BCUT2D eigenvalue weighted by Gasteiger charge is -2.23. The highest BCUT2D eigenvalue weighted by molar-refractivity contribution is 5.77. The van der Waals surface area contributed by atoms with Gasteiger partial charge in [-0.1, -0.05) is 12.1 Å². The quantitative estimate of drug-likeness (QED) is 0.727. The van der Waals surface area contributed by atoms with Crippen molar-refractivity contribution in [3.05, 3.63) is 35.6 Å². The molecule has 1 N–H and O–H groups in total. The Morgan fingerprint density at radius 1 is 1.43 bits per heavy atom. The van der Waals surface area contributed by atoms with Gasteiger partial charge >= 0.3 is 0 Å². The van der Waals surface area contributed by atoms with E-state index in [4.69, 9.17) is 0 Å². The largest absolute Gasteiger partial charge is 0.349 e. The third-order valence-corrected chi connectivity index (χ3v) is 2.48. The smallest absolute Gasteiger partial charge is 0.220 e. The monoisotopic (exact) mass is 193 g/mol. The van der Waals surface area contributed by atoms with Gasteiger partial charge < -0.3 is 5.32 Å². The standard InChI is InChI=1S/C11H12FNO/c12-9-4-1-3-8(7-9)10-5-2-6-11(14)13-10/h1,3-4,7,10H,2,5-6H2,(H,13,14). The first-order valence-corrected chi connectivity index (χ1v) is 4.80. The molecule has 1 aliphatic rings. The van der Waals surface area contributed by atoms with Crippen LogP contribution in [0.25, 0.3) is 0 Å². The van der Waals surface area contributed by atoms with Crippen LogP contribution in [0.15, 0.2) is 24.3 Å². The fourth-order valence-corrected chi connectivity index (χ4v) is 1.78. The summed E-state index contributed by atoms with van der Waals surface area (Å²) in [5.74, 6) is -0.187. The van der Waals surface area contributed by atoms with E-state index in [9.17, 15) is 9.18 Å². The highest BCUT2D eigenvalue weighted by Gasteiger charge is 2.19. The SMILES string of the molecule is O=C1CCCC(c2cccc(F)c2)N1. The average molecular weight is 193 g/mol. The van der Waals surface area contributed by atoms with E-state index in [1.165, 1.54) is 12.1 Å². The molecule has 0 bridgehead atoms. The molecule has 1 heterocycles. The minimum Gasteiger partial charge on any atom is -0.349 e. The number of benzene rings is 1. The molecule has 0 saturated carbocycles. The average Bonchev–Trinajstić information content (AvgIpc) is 2.18. The zero-order valence-electron chi connectivity index (χ0n) is 7.79. The molecule has 0 aromatic heterocycles. The molecule has 1 unspecified atom stereocenters. The van der Waals surface area contributed by atoms with Crippen molar-refractivity contribution in [1.29, 1.82) is 0 Å². The van der Waals surface area contributed by atoms with E-state index >= 15 is 0 Å². The Kier molecular flexibility index (Phi) is 2.48. The van der Waals surface area contributed by atoms with Crippen LogP contribution >= 0.6 is 0 Å². The highest BCUT2D eigenvalue weighted by Crippen LogP contribution is 2.23. The Hall–Kier alpha value is -1.38. The molecule has 2 nitrogen and oxygen atoms in total. The Balaban J connectivity index is 2.17. The van der Waals surface area contributed by atoms with Gasteiger partial charge in [-0.05, 0) is 30.5 Å². The summed E-state index contributed by atoms with van der Waals surface area (Å²) in [7, 11) is 0. The van der Waals surface area contributed by atoms with Crippen LogP contribution < -0.4 is 5.32 Å². The topological polar surface area (TPSA) is 29.1 Å². The molecule has 1 aromatic carbocycles. The molecule has 0 aliphatic carbocycles.